The summed E-state index contributed by atoms with van der Waals surface area (Å²) in [5.41, 5.74) is 2.92. The summed E-state index contributed by atoms with van der Waals surface area (Å²) in [4.78, 5) is 17.0. The van der Waals surface area contributed by atoms with E-state index in [1.165, 1.54) is 24.3 Å². The zero-order valence-electron chi connectivity index (χ0n) is 17.1. The van der Waals surface area contributed by atoms with Crippen molar-refractivity contribution in [3.8, 4) is 0 Å². The Balaban J connectivity index is 1.77. The van der Waals surface area contributed by atoms with Crippen LogP contribution in [0.4, 0.5) is 14.7 Å². The number of aromatic nitrogens is 2. The maximum absolute atomic E-state index is 12.9. The first-order valence-electron chi connectivity index (χ1n) is 9.49. The number of amides is 1. The highest BCUT2D eigenvalue weighted by atomic mass is 19.3. The van der Waals surface area contributed by atoms with Crippen molar-refractivity contribution in [2.45, 2.75) is 33.7 Å². The van der Waals surface area contributed by atoms with Crippen LogP contribution in [-0.4, -0.2) is 22.0 Å². The standard InChI is InChI=1S/C22H26F2N4O/c1-22(2,3)13-25-12-14-8-9-18-17(10-14)26-21(28(18)4)27-20(29)16-7-5-6-15(11-16)19(23)24/h5-11,19,25H,12-13H2,1-4H3,(H,26,27,29). The van der Waals surface area contributed by atoms with Crippen molar-refractivity contribution >= 4 is 22.9 Å². The number of anilines is 1. The van der Waals surface area contributed by atoms with E-state index in [9.17, 15) is 13.6 Å². The molecule has 0 aliphatic heterocycles. The van der Waals surface area contributed by atoms with Crippen LogP contribution in [0.25, 0.3) is 11.0 Å². The summed E-state index contributed by atoms with van der Waals surface area (Å²) in [6.45, 7) is 8.15. The van der Waals surface area contributed by atoms with Crippen molar-refractivity contribution in [2.75, 3.05) is 11.9 Å². The minimum Gasteiger partial charge on any atom is -0.313 e. The number of fused-ring (bicyclic) bond motifs is 1. The van der Waals surface area contributed by atoms with E-state index in [0.717, 1.165) is 29.7 Å². The second-order valence-corrected chi connectivity index (χ2v) is 8.36. The maximum atomic E-state index is 12.9. The molecule has 2 N–H and O–H groups in total. The van der Waals surface area contributed by atoms with Gasteiger partial charge < -0.3 is 9.88 Å². The normalized spacial score (nSPS) is 12.0. The van der Waals surface area contributed by atoms with Gasteiger partial charge in [0.2, 0.25) is 5.95 Å². The molecule has 2 aromatic carbocycles. The average molecular weight is 400 g/mol. The Morgan fingerprint density at radius 3 is 2.62 bits per heavy atom. The lowest BCUT2D eigenvalue weighted by Gasteiger charge is -2.18. The molecule has 0 spiro atoms. The smallest absolute Gasteiger partial charge is 0.263 e. The Morgan fingerprint density at radius 2 is 1.93 bits per heavy atom. The molecule has 1 amide bonds. The number of carbonyl (C=O) groups is 1. The van der Waals surface area contributed by atoms with Gasteiger partial charge in [-0.1, -0.05) is 39.0 Å². The van der Waals surface area contributed by atoms with E-state index in [2.05, 4.69) is 36.4 Å². The number of rotatable bonds is 6. The topological polar surface area (TPSA) is 59.0 Å². The van der Waals surface area contributed by atoms with E-state index in [-0.39, 0.29) is 16.5 Å². The van der Waals surface area contributed by atoms with Crippen LogP contribution >= 0.6 is 0 Å². The molecule has 29 heavy (non-hydrogen) atoms. The molecule has 154 valence electrons. The monoisotopic (exact) mass is 400 g/mol. The number of imidazole rings is 1. The van der Waals surface area contributed by atoms with Crippen LogP contribution < -0.4 is 10.6 Å². The zero-order chi connectivity index (χ0) is 21.2. The first kappa shape index (κ1) is 20.9. The van der Waals surface area contributed by atoms with Crippen LogP contribution in [-0.2, 0) is 13.6 Å². The van der Waals surface area contributed by atoms with Crippen LogP contribution in [0.15, 0.2) is 42.5 Å². The van der Waals surface area contributed by atoms with Crippen molar-refractivity contribution in [3.05, 3.63) is 59.2 Å². The van der Waals surface area contributed by atoms with Crippen LogP contribution in [0.5, 0.6) is 0 Å². The van der Waals surface area contributed by atoms with E-state index < -0.39 is 12.3 Å². The van der Waals surface area contributed by atoms with Crippen LogP contribution in [0, 0.1) is 5.41 Å². The highest BCUT2D eigenvalue weighted by molar-refractivity contribution is 6.04. The Bertz CT molecular complexity index is 1020. The fourth-order valence-electron chi connectivity index (χ4n) is 3.04. The number of nitrogens with one attached hydrogen (secondary N) is 2. The predicted molar refractivity (Wildman–Crippen MR) is 111 cm³/mol. The molecule has 1 heterocycles. The maximum Gasteiger partial charge on any atom is 0.263 e. The molecule has 0 atom stereocenters. The second kappa shape index (κ2) is 8.29. The summed E-state index contributed by atoms with van der Waals surface area (Å²) in [6, 6.07) is 11.4. The molecule has 0 bridgehead atoms. The van der Waals surface area contributed by atoms with Gasteiger partial charge in [0.15, 0.2) is 0 Å². The van der Waals surface area contributed by atoms with Crippen LogP contribution in [0.1, 0.15) is 48.7 Å². The first-order valence-corrected chi connectivity index (χ1v) is 9.49. The third kappa shape index (κ3) is 5.17. The fourth-order valence-corrected chi connectivity index (χ4v) is 3.04. The third-order valence-electron chi connectivity index (χ3n) is 4.56. The van der Waals surface area contributed by atoms with E-state index in [4.69, 9.17) is 0 Å². The van der Waals surface area contributed by atoms with E-state index in [0.29, 0.717) is 5.95 Å². The van der Waals surface area contributed by atoms with Gasteiger partial charge in [0.25, 0.3) is 12.3 Å². The summed E-state index contributed by atoms with van der Waals surface area (Å²) in [5.74, 6) is -0.106. The van der Waals surface area contributed by atoms with Gasteiger partial charge >= 0.3 is 0 Å². The highest BCUT2D eigenvalue weighted by Gasteiger charge is 2.15. The van der Waals surface area contributed by atoms with E-state index in [1.54, 1.807) is 11.6 Å². The number of nitrogens with zero attached hydrogens (tertiary/aromatic N) is 2. The zero-order valence-corrected chi connectivity index (χ0v) is 17.1. The number of benzene rings is 2. The minimum absolute atomic E-state index is 0.168. The molecule has 0 saturated heterocycles. The number of aryl methyl sites for hydroxylation is 1. The predicted octanol–water partition coefficient (Wildman–Crippen LogP) is 4.90. The average Bonchev–Trinajstić information content (AvgIpc) is 2.96. The molecule has 0 aliphatic rings. The largest absolute Gasteiger partial charge is 0.313 e. The van der Waals surface area contributed by atoms with Crippen molar-refractivity contribution in [1.82, 2.24) is 14.9 Å². The Kier molecular flexibility index (Phi) is 5.98. The molecule has 0 radical (unpaired) electrons. The third-order valence-corrected chi connectivity index (χ3v) is 4.56. The molecule has 3 rings (SSSR count). The van der Waals surface area contributed by atoms with Crippen molar-refractivity contribution in [2.24, 2.45) is 12.5 Å². The first-order chi connectivity index (χ1) is 13.6. The van der Waals surface area contributed by atoms with Crippen molar-refractivity contribution < 1.29 is 13.6 Å². The Labute approximate surface area is 169 Å². The lowest BCUT2D eigenvalue weighted by atomic mass is 9.97. The molecule has 1 aromatic heterocycles. The number of halogens is 2. The summed E-state index contributed by atoms with van der Waals surface area (Å²) in [7, 11) is 1.80. The van der Waals surface area contributed by atoms with Gasteiger partial charge in [0.1, 0.15) is 0 Å². The molecule has 3 aromatic rings. The van der Waals surface area contributed by atoms with Gasteiger partial charge in [-0.05, 0) is 35.2 Å². The molecule has 0 fully saturated rings. The molecule has 0 unspecified atom stereocenters. The molecule has 7 heteroatoms. The second-order valence-electron chi connectivity index (χ2n) is 8.36. The van der Waals surface area contributed by atoms with Gasteiger partial charge in [0, 0.05) is 31.3 Å². The van der Waals surface area contributed by atoms with Crippen molar-refractivity contribution in [1.29, 1.82) is 0 Å². The molecular formula is C22H26F2N4O. The minimum atomic E-state index is -2.62. The number of carbonyl (C=O) groups excluding carboxylic acids is 1. The van der Waals surface area contributed by atoms with Gasteiger partial charge in [-0.2, -0.15) is 0 Å². The lowest BCUT2D eigenvalue weighted by molar-refractivity contribution is 0.102. The summed E-state index contributed by atoms with van der Waals surface area (Å²) in [6.07, 6.45) is -2.62. The SMILES string of the molecule is Cn1c(NC(=O)c2cccc(C(F)F)c2)nc2cc(CNCC(C)(C)C)ccc21. The lowest BCUT2D eigenvalue weighted by Crippen LogP contribution is -2.26. The number of alkyl halides is 2. The van der Waals surface area contributed by atoms with Gasteiger partial charge in [-0.15, -0.1) is 0 Å². The fraction of sp³-hybridized carbons (Fsp3) is 0.364. The molecule has 0 aliphatic carbocycles. The van der Waals surface area contributed by atoms with E-state index in [1.807, 2.05) is 18.2 Å². The van der Waals surface area contributed by atoms with Gasteiger partial charge in [-0.25, -0.2) is 13.8 Å². The van der Waals surface area contributed by atoms with Crippen LogP contribution in [0.2, 0.25) is 0 Å². The summed E-state index contributed by atoms with van der Waals surface area (Å²) in [5, 5.41) is 6.15. The van der Waals surface area contributed by atoms with Gasteiger partial charge in [-0.3, -0.25) is 10.1 Å². The van der Waals surface area contributed by atoms with Gasteiger partial charge in [0.05, 0.1) is 11.0 Å². The van der Waals surface area contributed by atoms with Crippen molar-refractivity contribution in [3.63, 3.8) is 0 Å². The Morgan fingerprint density at radius 1 is 1.17 bits per heavy atom. The molecule has 5 nitrogen and oxygen atoms in total. The summed E-state index contributed by atoms with van der Waals surface area (Å²) < 4.78 is 27.5. The summed E-state index contributed by atoms with van der Waals surface area (Å²) >= 11 is 0. The highest BCUT2D eigenvalue weighted by Crippen LogP contribution is 2.22. The van der Waals surface area contributed by atoms with E-state index >= 15 is 0 Å². The number of hydrogen-bond donors (Lipinski definition) is 2. The van der Waals surface area contributed by atoms with Crippen LogP contribution in [0.3, 0.4) is 0 Å². The number of hydrogen-bond acceptors (Lipinski definition) is 3. The Hall–Kier alpha value is -2.80. The quantitative estimate of drug-likeness (QED) is 0.619. The molecular weight excluding hydrogens is 374 g/mol. The molecule has 0 saturated carbocycles.